The molecule has 0 saturated heterocycles. The van der Waals surface area contributed by atoms with Crippen molar-refractivity contribution in [3.8, 4) is 0 Å². The van der Waals surface area contributed by atoms with Crippen molar-refractivity contribution in [1.82, 2.24) is 0 Å². The Labute approximate surface area is 89.6 Å². The fourth-order valence-electron chi connectivity index (χ4n) is 1.71. The van der Waals surface area contributed by atoms with Crippen LogP contribution in [-0.2, 0) is 5.41 Å². The molecule has 0 spiro atoms. The van der Waals surface area contributed by atoms with E-state index < -0.39 is 17.0 Å². The molecule has 1 aromatic rings. The van der Waals surface area contributed by atoms with Gasteiger partial charge in [-0.1, -0.05) is 39.0 Å². The van der Waals surface area contributed by atoms with Gasteiger partial charge in [-0.25, -0.2) is 8.78 Å². The zero-order valence-electron chi connectivity index (χ0n) is 9.40. The summed E-state index contributed by atoms with van der Waals surface area (Å²) in [6, 6.07) is 3.94. The quantitative estimate of drug-likeness (QED) is 0.655. The van der Waals surface area contributed by atoms with Crippen LogP contribution in [0, 0.1) is 11.6 Å². The fourth-order valence-corrected chi connectivity index (χ4v) is 1.71. The zero-order valence-corrected chi connectivity index (χ0v) is 9.40. The molecule has 1 rings (SSSR count). The minimum atomic E-state index is -0.663. The molecule has 0 aromatic heterocycles. The van der Waals surface area contributed by atoms with E-state index >= 15 is 0 Å². The van der Waals surface area contributed by atoms with Gasteiger partial charge in [-0.2, -0.15) is 0 Å². The highest BCUT2D eigenvalue weighted by molar-refractivity contribution is 5.35. The first-order valence-corrected chi connectivity index (χ1v) is 5.04. The molecule has 0 fully saturated rings. The summed E-state index contributed by atoms with van der Waals surface area (Å²) in [7, 11) is 0. The molecule has 1 aromatic carbocycles. The molecule has 0 amide bonds. The second kappa shape index (κ2) is 4.13. The molecule has 0 heterocycles. The summed E-state index contributed by atoms with van der Waals surface area (Å²) in [4.78, 5) is 0. The standard InChI is InChI=1S/C13H16F2/c1-5-9(2)13(3,4)12-10(14)7-6-8-11(12)15/h6-8H,2,5H2,1,3-4H3. The lowest BCUT2D eigenvalue weighted by atomic mass is 9.77. The zero-order chi connectivity index (χ0) is 11.6. The van der Waals surface area contributed by atoms with E-state index in [0.29, 0.717) is 6.42 Å². The lowest BCUT2D eigenvalue weighted by molar-refractivity contribution is 0.485. The molecule has 0 aliphatic heterocycles. The van der Waals surface area contributed by atoms with E-state index in [9.17, 15) is 8.78 Å². The molecular formula is C13H16F2. The van der Waals surface area contributed by atoms with Crippen molar-refractivity contribution in [3.05, 3.63) is 47.5 Å². The third kappa shape index (κ3) is 2.09. The van der Waals surface area contributed by atoms with Crippen LogP contribution >= 0.6 is 0 Å². The third-order valence-corrected chi connectivity index (χ3v) is 2.90. The van der Waals surface area contributed by atoms with Crippen LogP contribution in [0.4, 0.5) is 8.78 Å². The van der Waals surface area contributed by atoms with Crippen LogP contribution in [0.3, 0.4) is 0 Å². The molecule has 0 aliphatic rings. The Kier molecular flexibility index (Phi) is 3.28. The molecule has 2 heteroatoms. The molecule has 0 aliphatic carbocycles. The predicted molar refractivity (Wildman–Crippen MR) is 58.8 cm³/mol. The number of allylic oxidation sites excluding steroid dienone is 1. The van der Waals surface area contributed by atoms with Gasteiger partial charge < -0.3 is 0 Å². The van der Waals surface area contributed by atoms with Crippen LogP contribution in [0.1, 0.15) is 32.8 Å². The number of hydrogen-bond acceptors (Lipinski definition) is 0. The highest BCUT2D eigenvalue weighted by Crippen LogP contribution is 2.35. The maximum Gasteiger partial charge on any atom is 0.130 e. The molecule has 82 valence electrons. The molecule has 0 N–H and O–H groups in total. The molecule has 0 bridgehead atoms. The number of rotatable bonds is 3. The summed E-state index contributed by atoms with van der Waals surface area (Å²) < 4.78 is 27.1. The Morgan fingerprint density at radius 3 is 2.13 bits per heavy atom. The van der Waals surface area contributed by atoms with Crippen LogP contribution in [0.25, 0.3) is 0 Å². The summed E-state index contributed by atoms with van der Waals surface area (Å²) in [5.74, 6) is -1.01. The van der Waals surface area contributed by atoms with E-state index in [0.717, 1.165) is 5.57 Å². The first-order chi connectivity index (χ1) is 6.91. The van der Waals surface area contributed by atoms with Crippen LogP contribution in [0.5, 0.6) is 0 Å². The molecule has 0 nitrogen and oxygen atoms in total. The SMILES string of the molecule is C=C(CC)C(C)(C)c1c(F)cccc1F. The Hall–Kier alpha value is -1.18. The van der Waals surface area contributed by atoms with Crippen molar-refractivity contribution in [2.75, 3.05) is 0 Å². The van der Waals surface area contributed by atoms with E-state index in [-0.39, 0.29) is 5.56 Å². The van der Waals surface area contributed by atoms with Crippen molar-refractivity contribution in [1.29, 1.82) is 0 Å². The van der Waals surface area contributed by atoms with Crippen molar-refractivity contribution >= 4 is 0 Å². The summed E-state index contributed by atoms with van der Waals surface area (Å²) in [6.45, 7) is 9.39. The fraction of sp³-hybridized carbons (Fsp3) is 0.385. The lowest BCUT2D eigenvalue weighted by Gasteiger charge is -2.28. The maximum absolute atomic E-state index is 13.6. The van der Waals surface area contributed by atoms with Crippen molar-refractivity contribution in [2.24, 2.45) is 0 Å². The summed E-state index contributed by atoms with van der Waals surface area (Å²) >= 11 is 0. The van der Waals surface area contributed by atoms with Gasteiger partial charge in [0, 0.05) is 11.0 Å². The van der Waals surface area contributed by atoms with Gasteiger partial charge in [0.15, 0.2) is 0 Å². The van der Waals surface area contributed by atoms with Crippen LogP contribution in [0.2, 0.25) is 0 Å². The van der Waals surface area contributed by atoms with Crippen LogP contribution in [-0.4, -0.2) is 0 Å². The van der Waals surface area contributed by atoms with E-state index in [1.165, 1.54) is 18.2 Å². The van der Waals surface area contributed by atoms with Crippen molar-refractivity contribution in [3.63, 3.8) is 0 Å². The second-order valence-electron chi connectivity index (χ2n) is 4.18. The summed E-state index contributed by atoms with van der Waals surface area (Å²) in [6.07, 6.45) is 0.709. The van der Waals surface area contributed by atoms with E-state index in [1.807, 2.05) is 6.92 Å². The Bertz CT molecular complexity index is 358. The Morgan fingerprint density at radius 1 is 1.27 bits per heavy atom. The van der Waals surface area contributed by atoms with Gasteiger partial charge in [0.25, 0.3) is 0 Å². The number of halogens is 2. The van der Waals surface area contributed by atoms with Gasteiger partial charge in [0.2, 0.25) is 0 Å². The van der Waals surface area contributed by atoms with Gasteiger partial charge in [-0.3, -0.25) is 0 Å². The molecule has 15 heavy (non-hydrogen) atoms. The number of hydrogen-bond donors (Lipinski definition) is 0. The van der Waals surface area contributed by atoms with Crippen molar-refractivity contribution < 1.29 is 8.78 Å². The normalized spacial score (nSPS) is 11.5. The highest BCUT2D eigenvalue weighted by Gasteiger charge is 2.29. The summed E-state index contributed by atoms with van der Waals surface area (Å²) in [5.41, 5.74) is 0.271. The van der Waals surface area contributed by atoms with Gasteiger partial charge in [0.05, 0.1) is 0 Å². The average molecular weight is 210 g/mol. The molecular weight excluding hydrogens is 194 g/mol. The van der Waals surface area contributed by atoms with Gasteiger partial charge in [0.1, 0.15) is 11.6 Å². The smallest absolute Gasteiger partial charge is 0.130 e. The molecule has 0 atom stereocenters. The van der Waals surface area contributed by atoms with Crippen LogP contribution in [0.15, 0.2) is 30.4 Å². The van der Waals surface area contributed by atoms with Gasteiger partial charge >= 0.3 is 0 Å². The molecule has 0 radical (unpaired) electrons. The molecule has 0 saturated carbocycles. The minimum Gasteiger partial charge on any atom is -0.207 e. The lowest BCUT2D eigenvalue weighted by Crippen LogP contribution is -2.23. The topological polar surface area (TPSA) is 0 Å². The third-order valence-electron chi connectivity index (χ3n) is 2.90. The molecule has 0 unspecified atom stereocenters. The Balaban J connectivity index is 3.32. The minimum absolute atomic E-state index is 0.108. The van der Waals surface area contributed by atoms with E-state index in [2.05, 4.69) is 6.58 Å². The second-order valence-corrected chi connectivity index (χ2v) is 4.18. The predicted octanol–water partition coefficient (Wildman–Crippen LogP) is 4.21. The highest BCUT2D eigenvalue weighted by atomic mass is 19.1. The average Bonchev–Trinajstić information content (AvgIpc) is 2.15. The maximum atomic E-state index is 13.6. The number of benzene rings is 1. The first-order valence-electron chi connectivity index (χ1n) is 5.04. The largest absolute Gasteiger partial charge is 0.207 e. The summed E-state index contributed by atoms with van der Waals surface area (Å²) in [5, 5.41) is 0. The van der Waals surface area contributed by atoms with Crippen LogP contribution < -0.4 is 0 Å². The monoisotopic (exact) mass is 210 g/mol. The van der Waals surface area contributed by atoms with Gasteiger partial charge in [-0.15, -0.1) is 0 Å². The van der Waals surface area contributed by atoms with Gasteiger partial charge in [-0.05, 0) is 18.6 Å². The van der Waals surface area contributed by atoms with E-state index in [4.69, 9.17) is 0 Å². The Morgan fingerprint density at radius 2 is 1.73 bits per heavy atom. The van der Waals surface area contributed by atoms with Crippen molar-refractivity contribution in [2.45, 2.75) is 32.6 Å². The first kappa shape index (κ1) is 11.9. The van der Waals surface area contributed by atoms with E-state index in [1.54, 1.807) is 13.8 Å².